The van der Waals surface area contributed by atoms with Gasteiger partial charge in [-0.3, -0.25) is 0 Å². The monoisotopic (exact) mass is 301 g/mol. The molecule has 0 aliphatic carbocycles. The smallest absolute Gasteiger partial charge is 0.416 e. The Bertz CT molecular complexity index is 578. The molecule has 2 nitrogen and oxygen atoms in total. The van der Waals surface area contributed by atoms with Crippen LogP contribution >= 0.6 is 0 Å². The molecule has 0 fully saturated rings. The highest BCUT2D eigenvalue weighted by Crippen LogP contribution is 2.32. The molecule has 21 heavy (non-hydrogen) atoms. The minimum atomic E-state index is -4.48. The zero-order valence-corrected chi connectivity index (χ0v) is 11.4. The van der Waals surface area contributed by atoms with Gasteiger partial charge < -0.3 is 9.73 Å². The van der Waals surface area contributed by atoms with Gasteiger partial charge in [-0.05, 0) is 43.7 Å². The molecule has 1 N–H and O–H groups in total. The van der Waals surface area contributed by atoms with Gasteiger partial charge in [-0.2, -0.15) is 13.2 Å². The number of hydrogen-bond acceptors (Lipinski definition) is 2. The van der Waals surface area contributed by atoms with E-state index in [0.29, 0.717) is 12.8 Å². The number of aryl methyl sites for hydroxylation is 1. The van der Waals surface area contributed by atoms with Gasteiger partial charge in [0.2, 0.25) is 0 Å². The highest BCUT2D eigenvalue weighted by atomic mass is 19.4. The second-order valence-corrected chi connectivity index (χ2v) is 4.86. The number of alkyl halides is 3. The predicted octanol–water partition coefficient (Wildman–Crippen LogP) is 4.87. The third kappa shape index (κ3) is 4.24. The van der Waals surface area contributed by atoms with E-state index in [-0.39, 0.29) is 11.7 Å². The maximum Gasteiger partial charge on any atom is 0.416 e. The average Bonchev–Trinajstić information content (AvgIpc) is 2.91. The van der Waals surface area contributed by atoms with E-state index in [1.54, 1.807) is 19.3 Å². The van der Waals surface area contributed by atoms with Gasteiger partial charge >= 0.3 is 6.18 Å². The first kappa shape index (κ1) is 15.4. The maximum absolute atomic E-state index is 13.6. The molecule has 0 spiro atoms. The Morgan fingerprint density at radius 1 is 1.24 bits per heavy atom. The molecule has 0 aliphatic rings. The normalized spacial score (nSPS) is 13.2. The Morgan fingerprint density at radius 3 is 2.62 bits per heavy atom. The molecule has 1 unspecified atom stereocenters. The second kappa shape index (κ2) is 6.20. The fraction of sp³-hybridized carbons (Fsp3) is 0.333. The number of anilines is 1. The average molecular weight is 301 g/mol. The molecule has 0 aliphatic heterocycles. The van der Waals surface area contributed by atoms with Crippen molar-refractivity contribution in [2.24, 2.45) is 0 Å². The molecule has 0 saturated carbocycles. The van der Waals surface area contributed by atoms with E-state index in [0.717, 1.165) is 24.0 Å². The summed E-state index contributed by atoms with van der Waals surface area (Å²) in [5, 5.41) is 2.77. The summed E-state index contributed by atoms with van der Waals surface area (Å²) >= 11 is 0. The largest absolute Gasteiger partial charge is 0.469 e. The molecule has 2 rings (SSSR count). The zero-order valence-electron chi connectivity index (χ0n) is 11.4. The van der Waals surface area contributed by atoms with Crippen molar-refractivity contribution in [3.05, 3.63) is 53.7 Å². The van der Waals surface area contributed by atoms with Crippen LogP contribution in [0.25, 0.3) is 0 Å². The highest BCUT2D eigenvalue weighted by Gasteiger charge is 2.31. The van der Waals surface area contributed by atoms with Crippen molar-refractivity contribution in [2.75, 3.05) is 5.32 Å². The Balaban J connectivity index is 2.01. The van der Waals surface area contributed by atoms with Crippen molar-refractivity contribution in [1.82, 2.24) is 0 Å². The molecular formula is C15H15F4NO. The van der Waals surface area contributed by atoms with Gasteiger partial charge in [-0.1, -0.05) is 0 Å². The quantitative estimate of drug-likeness (QED) is 0.797. The number of rotatable bonds is 5. The number of halogens is 4. The molecule has 114 valence electrons. The third-order valence-electron chi connectivity index (χ3n) is 3.10. The van der Waals surface area contributed by atoms with E-state index in [9.17, 15) is 17.6 Å². The highest BCUT2D eigenvalue weighted by molar-refractivity contribution is 5.48. The minimum absolute atomic E-state index is 0.142. The van der Waals surface area contributed by atoms with E-state index in [1.165, 1.54) is 0 Å². The van der Waals surface area contributed by atoms with Crippen molar-refractivity contribution in [2.45, 2.75) is 32.0 Å². The SMILES string of the molecule is CC(CCc1ccco1)Nc1cc(C(F)(F)F)ccc1F. The summed E-state index contributed by atoms with van der Waals surface area (Å²) in [5.41, 5.74) is -1.01. The number of benzene rings is 1. The number of furan rings is 1. The van der Waals surface area contributed by atoms with Crippen LogP contribution in [0.4, 0.5) is 23.2 Å². The van der Waals surface area contributed by atoms with Crippen LogP contribution in [0.15, 0.2) is 41.0 Å². The van der Waals surface area contributed by atoms with Gasteiger partial charge in [0.15, 0.2) is 0 Å². The van der Waals surface area contributed by atoms with Crippen molar-refractivity contribution >= 4 is 5.69 Å². The molecule has 0 radical (unpaired) electrons. The van der Waals surface area contributed by atoms with Crippen LogP contribution in [0.3, 0.4) is 0 Å². The first-order valence-electron chi connectivity index (χ1n) is 6.52. The molecule has 1 atom stereocenters. The van der Waals surface area contributed by atoms with Gasteiger partial charge in [0.05, 0.1) is 17.5 Å². The molecule has 0 saturated heterocycles. The second-order valence-electron chi connectivity index (χ2n) is 4.86. The van der Waals surface area contributed by atoms with Crippen LogP contribution in [-0.4, -0.2) is 6.04 Å². The van der Waals surface area contributed by atoms with Crippen LogP contribution in [0.5, 0.6) is 0 Å². The van der Waals surface area contributed by atoms with Crippen LogP contribution in [0.1, 0.15) is 24.7 Å². The van der Waals surface area contributed by atoms with Gasteiger partial charge in [-0.25, -0.2) is 4.39 Å². The summed E-state index contributed by atoms with van der Waals surface area (Å²) in [6, 6.07) is 5.74. The first-order chi connectivity index (χ1) is 9.86. The van der Waals surface area contributed by atoms with Crippen molar-refractivity contribution in [3.8, 4) is 0 Å². The van der Waals surface area contributed by atoms with Crippen LogP contribution in [0.2, 0.25) is 0 Å². The van der Waals surface area contributed by atoms with E-state index >= 15 is 0 Å². The third-order valence-corrected chi connectivity index (χ3v) is 3.10. The first-order valence-corrected chi connectivity index (χ1v) is 6.52. The lowest BCUT2D eigenvalue weighted by Gasteiger charge is -2.17. The van der Waals surface area contributed by atoms with Gasteiger partial charge in [-0.15, -0.1) is 0 Å². The van der Waals surface area contributed by atoms with Crippen molar-refractivity contribution in [1.29, 1.82) is 0 Å². The summed E-state index contributed by atoms with van der Waals surface area (Å²) < 4.78 is 56.6. The van der Waals surface area contributed by atoms with Crippen molar-refractivity contribution < 1.29 is 22.0 Å². The molecule has 2 aromatic rings. The predicted molar refractivity (Wildman–Crippen MR) is 71.5 cm³/mol. The van der Waals surface area contributed by atoms with Gasteiger partial charge in [0.25, 0.3) is 0 Å². The Kier molecular flexibility index (Phi) is 4.55. The molecule has 0 amide bonds. The standard InChI is InChI=1S/C15H15F4NO/c1-10(4-6-12-3-2-8-21-12)20-14-9-11(15(17,18)19)5-7-13(14)16/h2-3,5,7-10,20H,4,6H2,1H3. The zero-order chi connectivity index (χ0) is 15.5. The lowest BCUT2D eigenvalue weighted by Crippen LogP contribution is -2.17. The topological polar surface area (TPSA) is 25.2 Å². The lowest BCUT2D eigenvalue weighted by atomic mass is 10.1. The Hall–Kier alpha value is -1.98. The maximum atomic E-state index is 13.6. The lowest BCUT2D eigenvalue weighted by molar-refractivity contribution is -0.137. The molecule has 1 heterocycles. The van der Waals surface area contributed by atoms with Crippen molar-refractivity contribution in [3.63, 3.8) is 0 Å². The molecule has 6 heteroatoms. The van der Waals surface area contributed by atoms with Crippen LogP contribution in [0, 0.1) is 5.82 Å². The minimum Gasteiger partial charge on any atom is -0.469 e. The van der Waals surface area contributed by atoms with Gasteiger partial charge in [0, 0.05) is 12.5 Å². The molecular weight excluding hydrogens is 286 g/mol. The molecule has 1 aromatic carbocycles. The summed E-state index contributed by atoms with van der Waals surface area (Å²) in [6.45, 7) is 1.78. The van der Waals surface area contributed by atoms with E-state index in [2.05, 4.69) is 5.32 Å². The summed E-state index contributed by atoms with van der Waals surface area (Å²) in [6.07, 6.45) is -1.69. The Labute approximate surface area is 119 Å². The van der Waals surface area contributed by atoms with Crippen LogP contribution < -0.4 is 5.32 Å². The Morgan fingerprint density at radius 2 is 2.00 bits per heavy atom. The molecule has 0 bridgehead atoms. The number of hydrogen-bond donors (Lipinski definition) is 1. The molecule has 1 aromatic heterocycles. The van der Waals surface area contributed by atoms with Gasteiger partial charge in [0.1, 0.15) is 11.6 Å². The summed E-state index contributed by atoms with van der Waals surface area (Å²) in [7, 11) is 0. The van der Waals surface area contributed by atoms with Crippen LogP contribution in [-0.2, 0) is 12.6 Å². The van der Waals surface area contributed by atoms with E-state index < -0.39 is 17.6 Å². The van der Waals surface area contributed by atoms with E-state index in [4.69, 9.17) is 4.42 Å². The summed E-state index contributed by atoms with van der Waals surface area (Å²) in [4.78, 5) is 0. The summed E-state index contributed by atoms with van der Waals surface area (Å²) in [5.74, 6) is 0.0843. The fourth-order valence-corrected chi connectivity index (χ4v) is 1.96. The van der Waals surface area contributed by atoms with E-state index in [1.807, 2.05) is 6.07 Å². The fourth-order valence-electron chi connectivity index (χ4n) is 1.96. The number of nitrogens with one attached hydrogen (secondary N) is 1.